The number of hydrogen-bond acceptors (Lipinski definition) is 5. The number of carbonyl (C=O) groups excluding carboxylic acids is 2. The van der Waals surface area contributed by atoms with E-state index in [1.165, 1.54) is 11.8 Å². The van der Waals surface area contributed by atoms with Crippen LogP contribution in [0.15, 0.2) is 59.8 Å². The van der Waals surface area contributed by atoms with Crippen LogP contribution in [0, 0.1) is 0 Å². The van der Waals surface area contributed by atoms with Crippen molar-refractivity contribution in [3.05, 3.63) is 60.2 Å². The second kappa shape index (κ2) is 7.83. The zero-order valence-corrected chi connectivity index (χ0v) is 14.8. The van der Waals surface area contributed by atoms with E-state index >= 15 is 0 Å². The van der Waals surface area contributed by atoms with E-state index in [9.17, 15) is 9.59 Å². The number of primary amides is 1. The third kappa shape index (κ3) is 4.09. The molecular weight excluding hydrogens is 350 g/mol. The molecule has 1 aromatic heterocycles. The Morgan fingerprint density at radius 1 is 1.12 bits per heavy atom. The summed E-state index contributed by atoms with van der Waals surface area (Å²) in [6.45, 7) is 1.74. The molecule has 8 heteroatoms. The molecule has 1 unspecified atom stereocenters. The van der Waals surface area contributed by atoms with E-state index in [4.69, 9.17) is 5.73 Å². The third-order valence-corrected chi connectivity index (χ3v) is 4.57. The van der Waals surface area contributed by atoms with E-state index < -0.39 is 11.2 Å². The first-order valence-electron chi connectivity index (χ1n) is 7.89. The van der Waals surface area contributed by atoms with Crippen LogP contribution in [0.25, 0.3) is 11.4 Å². The summed E-state index contributed by atoms with van der Waals surface area (Å²) in [5.74, 6) is -0.225. The molecule has 2 amide bonds. The van der Waals surface area contributed by atoms with Gasteiger partial charge in [0.1, 0.15) is 0 Å². The Labute approximate surface area is 154 Å². The minimum atomic E-state index is -0.595. The minimum Gasteiger partial charge on any atom is -0.366 e. The molecule has 0 radical (unpaired) electrons. The Kier molecular flexibility index (Phi) is 5.33. The first kappa shape index (κ1) is 17.7. The number of nitrogens with one attached hydrogen (secondary N) is 2. The van der Waals surface area contributed by atoms with Crippen LogP contribution in [0.3, 0.4) is 0 Å². The molecule has 0 aliphatic heterocycles. The molecule has 4 N–H and O–H groups in total. The van der Waals surface area contributed by atoms with E-state index in [0.29, 0.717) is 16.7 Å². The number of anilines is 1. The molecule has 1 atom stereocenters. The fourth-order valence-electron chi connectivity index (χ4n) is 2.28. The second-order valence-electron chi connectivity index (χ2n) is 5.49. The Bertz CT molecular complexity index is 926. The van der Waals surface area contributed by atoms with Crippen LogP contribution >= 0.6 is 11.8 Å². The van der Waals surface area contributed by atoms with Crippen LogP contribution in [0.2, 0.25) is 0 Å². The summed E-state index contributed by atoms with van der Waals surface area (Å²) in [5, 5.41) is 9.73. The standard InChI is InChI=1S/C18H17N5O2S/c1-11(17(25)20-14-10-6-5-9-13(14)15(19)24)26-18-21-16(22-23-18)12-7-3-2-4-8-12/h2-11H,1H3,(H2,19,24)(H,20,25)(H,21,22,23). The molecule has 132 valence electrons. The average molecular weight is 367 g/mol. The van der Waals surface area contributed by atoms with Gasteiger partial charge in [0.15, 0.2) is 5.82 Å². The van der Waals surface area contributed by atoms with Crippen molar-refractivity contribution in [2.24, 2.45) is 5.73 Å². The number of aromatic nitrogens is 3. The van der Waals surface area contributed by atoms with E-state index in [-0.39, 0.29) is 11.5 Å². The third-order valence-electron chi connectivity index (χ3n) is 3.61. The summed E-state index contributed by atoms with van der Waals surface area (Å²) in [7, 11) is 0. The lowest BCUT2D eigenvalue weighted by atomic mass is 10.1. The van der Waals surface area contributed by atoms with Gasteiger partial charge in [-0.25, -0.2) is 4.98 Å². The summed E-state index contributed by atoms with van der Waals surface area (Å²) in [5.41, 5.74) is 6.90. The zero-order valence-electron chi connectivity index (χ0n) is 14.0. The van der Waals surface area contributed by atoms with Crippen LogP contribution < -0.4 is 11.1 Å². The average Bonchev–Trinajstić information content (AvgIpc) is 3.11. The van der Waals surface area contributed by atoms with E-state index in [1.54, 1.807) is 31.2 Å². The lowest BCUT2D eigenvalue weighted by Gasteiger charge is -2.12. The second-order valence-corrected chi connectivity index (χ2v) is 6.80. The molecule has 0 fully saturated rings. The highest BCUT2D eigenvalue weighted by molar-refractivity contribution is 8.00. The van der Waals surface area contributed by atoms with Gasteiger partial charge in [-0.3, -0.25) is 14.7 Å². The molecule has 0 aliphatic carbocycles. The van der Waals surface area contributed by atoms with Gasteiger partial charge < -0.3 is 11.1 Å². The quantitative estimate of drug-likeness (QED) is 0.580. The van der Waals surface area contributed by atoms with Gasteiger partial charge in [-0.2, -0.15) is 0 Å². The molecule has 3 rings (SSSR count). The molecule has 2 aromatic carbocycles. The summed E-state index contributed by atoms with van der Waals surface area (Å²) in [6.07, 6.45) is 0. The maximum atomic E-state index is 12.4. The smallest absolute Gasteiger partial charge is 0.250 e. The molecule has 0 bridgehead atoms. The van der Waals surface area contributed by atoms with Crippen LogP contribution in [-0.2, 0) is 4.79 Å². The number of nitrogens with two attached hydrogens (primary N) is 1. The monoisotopic (exact) mass is 367 g/mol. The molecule has 0 aliphatic rings. The molecule has 0 saturated heterocycles. The van der Waals surface area contributed by atoms with Crippen LogP contribution in [0.4, 0.5) is 5.69 Å². The highest BCUT2D eigenvalue weighted by atomic mass is 32.2. The first-order chi connectivity index (χ1) is 12.5. The molecule has 3 aromatic rings. The summed E-state index contributed by atoms with van der Waals surface area (Å²) >= 11 is 1.22. The van der Waals surface area contributed by atoms with E-state index in [1.807, 2.05) is 30.3 Å². The predicted molar refractivity (Wildman–Crippen MR) is 101 cm³/mol. The van der Waals surface area contributed by atoms with Gasteiger partial charge in [0.05, 0.1) is 16.5 Å². The number of nitrogens with zero attached hydrogens (tertiary/aromatic N) is 2. The molecule has 1 heterocycles. The number of amides is 2. The maximum Gasteiger partial charge on any atom is 0.250 e. The van der Waals surface area contributed by atoms with Gasteiger partial charge in [-0.15, -0.1) is 5.10 Å². The van der Waals surface area contributed by atoms with Gasteiger partial charge >= 0.3 is 0 Å². The number of benzene rings is 2. The first-order valence-corrected chi connectivity index (χ1v) is 8.76. The summed E-state index contributed by atoms with van der Waals surface area (Å²) in [4.78, 5) is 28.3. The predicted octanol–water partition coefficient (Wildman–Crippen LogP) is 2.69. The summed E-state index contributed by atoms with van der Waals surface area (Å²) < 4.78 is 0. The van der Waals surface area contributed by atoms with Gasteiger partial charge in [-0.1, -0.05) is 54.2 Å². The fraction of sp³-hybridized carbons (Fsp3) is 0.111. The number of H-pyrrole nitrogens is 1. The lowest BCUT2D eigenvalue weighted by molar-refractivity contribution is -0.115. The van der Waals surface area contributed by atoms with Crippen LogP contribution in [0.1, 0.15) is 17.3 Å². The largest absolute Gasteiger partial charge is 0.366 e. The van der Waals surface area contributed by atoms with Crippen LogP contribution in [0.5, 0.6) is 0 Å². The van der Waals surface area contributed by atoms with Crippen molar-refractivity contribution in [2.45, 2.75) is 17.3 Å². The number of rotatable bonds is 6. The van der Waals surface area contributed by atoms with Crippen molar-refractivity contribution < 1.29 is 9.59 Å². The van der Waals surface area contributed by atoms with Crippen LogP contribution in [-0.4, -0.2) is 32.2 Å². The topological polar surface area (TPSA) is 114 Å². The van der Waals surface area contributed by atoms with Gasteiger partial charge in [0.2, 0.25) is 11.1 Å². The highest BCUT2D eigenvalue weighted by Crippen LogP contribution is 2.24. The SMILES string of the molecule is CC(Sc1n[nH]c(-c2ccccc2)n1)C(=O)Nc1ccccc1C(N)=O. The number of hydrogen-bond donors (Lipinski definition) is 3. The van der Waals surface area contributed by atoms with E-state index in [0.717, 1.165) is 5.56 Å². The Morgan fingerprint density at radius 2 is 1.81 bits per heavy atom. The number of aromatic amines is 1. The number of thioether (sulfide) groups is 1. The van der Waals surface area contributed by atoms with Crippen molar-refractivity contribution in [3.8, 4) is 11.4 Å². The molecular formula is C18H17N5O2S. The maximum absolute atomic E-state index is 12.4. The Hall–Kier alpha value is -3.13. The van der Waals surface area contributed by atoms with Crippen molar-refractivity contribution in [1.82, 2.24) is 15.2 Å². The minimum absolute atomic E-state index is 0.266. The zero-order chi connectivity index (χ0) is 18.5. The van der Waals surface area contributed by atoms with Gasteiger partial charge in [0, 0.05) is 5.56 Å². The molecule has 0 spiro atoms. The normalized spacial score (nSPS) is 11.7. The lowest BCUT2D eigenvalue weighted by Crippen LogP contribution is -2.24. The van der Waals surface area contributed by atoms with Crippen molar-refractivity contribution in [3.63, 3.8) is 0 Å². The highest BCUT2D eigenvalue weighted by Gasteiger charge is 2.19. The number of carbonyl (C=O) groups is 2. The Balaban J connectivity index is 1.67. The Morgan fingerprint density at radius 3 is 2.54 bits per heavy atom. The van der Waals surface area contributed by atoms with Gasteiger partial charge in [-0.05, 0) is 19.1 Å². The molecule has 7 nitrogen and oxygen atoms in total. The van der Waals surface area contributed by atoms with Gasteiger partial charge in [0.25, 0.3) is 5.91 Å². The fourth-order valence-corrected chi connectivity index (χ4v) is 3.00. The molecule has 26 heavy (non-hydrogen) atoms. The van der Waals surface area contributed by atoms with Crippen molar-refractivity contribution in [1.29, 1.82) is 0 Å². The number of para-hydroxylation sites is 1. The summed E-state index contributed by atoms with van der Waals surface area (Å²) in [6, 6.07) is 16.2. The van der Waals surface area contributed by atoms with Crippen molar-refractivity contribution >= 4 is 29.3 Å². The van der Waals surface area contributed by atoms with E-state index in [2.05, 4.69) is 20.5 Å². The molecule has 0 saturated carbocycles. The van der Waals surface area contributed by atoms with Crippen molar-refractivity contribution in [2.75, 3.05) is 5.32 Å².